The Bertz CT molecular complexity index is 798. The third-order valence-corrected chi connectivity index (χ3v) is 4.84. The number of hydrogen-bond acceptors (Lipinski definition) is 6. The molecule has 158 valence electrons. The lowest BCUT2D eigenvalue weighted by molar-refractivity contribution is 0.0117. The first-order valence-corrected chi connectivity index (χ1v) is 10.2. The number of nitrogens with one attached hydrogen (secondary N) is 1. The van der Waals surface area contributed by atoms with E-state index in [1.54, 1.807) is 18.2 Å². The molecular weight excluding hydrogens is 372 g/mol. The van der Waals surface area contributed by atoms with Gasteiger partial charge in [-0.3, -0.25) is 9.69 Å². The summed E-state index contributed by atoms with van der Waals surface area (Å²) in [4.78, 5) is 15.1. The van der Waals surface area contributed by atoms with E-state index >= 15 is 0 Å². The summed E-state index contributed by atoms with van der Waals surface area (Å²) in [6.45, 7) is 10.2. The van der Waals surface area contributed by atoms with Crippen molar-refractivity contribution in [2.45, 2.75) is 26.8 Å². The van der Waals surface area contributed by atoms with Crippen molar-refractivity contribution in [3.8, 4) is 11.5 Å². The second kappa shape index (κ2) is 10.3. The molecule has 29 heavy (non-hydrogen) atoms. The van der Waals surface area contributed by atoms with E-state index < -0.39 is 0 Å². The molecule has 1 N–H and O–H groups in total. The average Bonchev–Trinajstić information content (AvgIpc) is 3.16. The number of nitrogens with zero attached hydrogens (tertiary/aromatic N) is 1. The maximum atomic E-state index is 12.8. The summed E-state index contributed by atoms with van der Waals surface area (Å²) in [6, 6.07) is 9.15. The Hall–Kier alpha value is -2.51. The van der Waals surface area contributed by atoms with Gasteiger partial charge < -0.3 is 23.9 Å². The third-order valence-electron chi connectivity index (χ3n) is 4.84. The SMILES string of the molecule is CCOc1ccc(C(=O)NCC(c2ccc(C)o2)N2CCOCC2)cc1OCC. The van der Waals surface area contributed by atoms with E-state index in [-0.39, 0.29) is 11.9 Å². The molecule has 0 spiro atoms. The molecule has 1 saturated heterocycles. The van der Waals surface area contributed by atoms with Gasteiger partial charge in [-0.2, -0.15) is 0 Å². The molecule has 1 aromatic heterocycles. The minimum atomic E-state index is -0.157. The van der Waals surface area contributed by atoms with Gasteiger partial charge in [-0.1, -0.05) is 0 Å². The monoisotopic (exact) mass is 402 g/mol. The molecule has 0 saturated carbocycles. The molecule has 1 atom stereocenters. The van der Waals surface area contributed by atoms with E-state index in [4.69, 9.17) is 18.6 Å². The fraction of sp³-hybridized carbons (Fsp3) is 0.500. The average molecular weight is 402 g/mol. The lowest BCUT2D eigenvalue weighted by Crippen LogP contribution is -2.43. The van der Waals surface area contributed by atoms with Crippen LogP contribution in [0.2, 0.25) is 0 Å². The number of aryl methyl sites for hydroxylation is 1. The molecule has 7 heteroatoms. The van der Waals surface area contributed by atoms with E-state index in [1.807, 2.05) is 32.9 Å². The van der Waals surface area contributed by atoms with Gasteiger partial charge in [0.1, 0.15) is 11.5 Å². The van der Waals surface area contributed by atoms with Crippen LogP contribution in [0.4, 0.5) is 0 Å². The zero-order chi connectivity index (χ0) is 20.6. The molecule has 3 rings (SSSR count). The summed E-state index contributed by atoms with van der Waals surface area (Å²) in [7, 11) is 0. The summed E-state index contributed by atoms with van der Waals surface area (Å²) >= 11 is 0. The number of furan rings is 1. The van der Waals surface area contributed by atoms with Gasteiger partial charge >= 0.3 is 0 Å². The zero-order valence-electron chi connectivity index (χ0n) is 17.4. The highest BCUT2D eigenvalue weighted by atomic mass is 16.5. The van der Waals surface area contributed by atoms with Crippen LogP contribution in [0.5, 0.6) is 11.5 Å². The number of amides is 1. The maximum Gasteiger partial charge on any atom is 0.251 e. The molecule has 0 aliphatic carbocycles. The second-order valence-corrected chi connectivity index (χ2v) is 6.85. The Morgan fingerprint density at radius 3 is 2.48 bits per heavy atom. The van der Waals surface area contributed by atoms with Crippen LogP contribution >= 0.6 is 0 Å². The van der Waals surface area contributed by atoms with E-state index in [1.165, 1.54) is 0 Å². The molecule has 2 heterocycles. The fourth-order valence-electron chi connectivity index (χ4n) is 3.42. The van der Waals surface area contributed by atoms with Crippen LogP contribution in [0.3, 0.4) is 0 Å². The predicted octanol–water partition coefficient (Wildman–Crippen LogP) is 3.19. The van der Waals surface area contributed by atoms with Crippen LogP contribution < -0.4 is 14.8 Å². The van der Waals surface area contributed by atoms with Crippen LogP contribution in [-0.4, -0.2) is 56.9 Å². The quantitative estimate of drug-likeness (QED) is 0.695. The Morgan fingerprint density at radius 1 is 1.10 bits per heavy atom. The predicted molar refractivity (Wildman–Crippen MR) is 110 cm³/mol. The second-order valence-electron chi connectivity index (χ2n) is 6.85. The molecule has 2 aromatic rings. The molecular formula is C22H30N2O5. The first-order chi connectivity index (χ1) is 14.1. The molecule has 1 unspecified atom stereocenters. The van der Waals surface area contributed by atoms with E-state index in [9.17, 15) is 4.79 Å². The molecule has 1 aromatic carbocycles. The number of hydrogen-bond donors (Lipinski definition) is 1. The Morgan fingerprint density at radius 2 is 1.83 bits per heavy atom. The first kappa shape index (κ1) is 21.2. The van der Waals surface area contributed by atoms with Gasteiger partial charge in [-0.25, -0.2) is 0 Å². The molecule has 1 fully saturated rings. The van der Waals surface area contributed by atoms with Crippen LogP contribution in [0.25, 0.3) is 0 Å². The van der Waals surface area contributed by atoms with Crippen molar-refractivity contribution in [3.63, 3.8) is 0 Å². The summed E-state index contributed by atoms with van der Waals surface area (Å²) in [5.74, 6) is 2.77. The van der Waals surface area contributed by atoms with Crippen molar-refractivity contribution in [1.29, 1.82) is 0 Å². The van der Waals surface area contributed by atoms with Crippen molar-refractivity contribution in [3.05, 3.63) is 47.4 Å². The van der Waals surface area contributed by atoms with Gasteiger partial charge in [0, 0.05) is 25.2 Å². The number of rotatable bonds is 9. The zero-order valence-corrected chi connectivity index (χ0v) is 17.4. The fourth-order valence-corrected chi connectivity index (χ4v) is 3.42. The van der Waals surface area contributed by atoms with Crippen LogP contribution in [-0.2, 0) is 4.74 Å². The van der Waals surface area contributed by atoms with Gasteiger partial charge in [0.15, 0.2) is 11.5 Å². The van der Waals surface area contributed by atoms with Gasteiger partial charge in [0.25, 0.3) is 5.91 Å². The number of carbonyl (C=O) groups excluding carboxylic acids is 1. The van der Waals surface area contributed by atoms with Crippen LogP contribution in [0, 0.1) is 6.92 Å². The molecule has 1 aliphatic rings. The van der Waals surface area contributed by atoms with Crippen LogP contribution in [0.15, 0.2) is 34.7 Å². The van der Waals surface area contributed by atoms with Crippen molar-refractivity contribution < 1.29 is 23.4 Å². The molecule has 0 bridgehead atoms. The van der Waals surface area contributed by atoms with Crippen molar-refractivity contribution in [1.82, 2.24) is 10.2 Å². The molecule has 1 amide bonds. The Labute approximate surface area is 171 Å². The summed E-state index contributed by atoms with van der Waals surface area (Å²) < 4.78 is 22.5. The van der Waals surface area contributed by atoms with Crippen molar-refractivity contribution >= 4 is 5.91 Å². The normalized spacial score (nSPS) is 15.7. The van der Waals surface area contributed by atoms with E-state index in [0.29, 0.717) is 50.0 Å². The largest absolute Gasteiger partial charge is 0.490 e. The highest BCUT2D eigenvalue weighted by Crippen LogP contribution is 2.29. The first-order valence-electron chi connectivity index (χ1n) is 10.2. The van der Waals surface area contributed by atoms with Crippen molar-refractivity contribution in [2.75, 3.05) is 46.1 Å². The Kier molecular flexibility index (Phi) is 7.55. The topological polar surface area (TPSA) is 73.2 Å². The number of carbonyl (C=O) groups is 1. The highest BCUT2D eigenvalue weighted by Gasteiger charge is 2.26. The minimum absolute atomic E-state index is 0.0365. The molecule has 0 radical (unpaired) electrons. The van der Waals surface area contributed by atoms with Gasteiger partial charge in [-0.15, -0.1) is 0 Å². The summed E-state index contributed by atoms with van der Waals surface area (Å²) in [5, 5.41) is 3.05. The molecule has 7 nitrogen and oxygen atoms in total. The third kappa shape index (κ3) is 5.52. The lowest BCUT2D eigenvalue weighted by Gasteiger charge is -2.33. The van der Waals surface area contributed by atoms with Gasteiger partial charge in [0.2, 0.25) is 0 Å². The smallest absolute Gasteiger partial charge is 0.251 e. The number of morpholine rings is 1. The Balaban J connectivity index is 1.71. The summed E-state index contributed by atoms with van der Waals surface area (Å²) in [5.41, 5.74) is 0.535. The van der Waals surface area contributed by atoms with Gasteiger partial charge in [0.05, 0.1) is 32.5 Å². The maximum absolute atomic E-state index is 12.8. The standard InChI is InChI=1S/C22H30N2O5/c1-4-27-20-9-7-17(14-21(20)28-5-2)22(25)23-15-18(19-8-6-16(3)29-19)24-10-12-26-13-11-24/h6-9,14,18H,4-5,10-13,15H2,1-3H3,(H,23,25). The highest BCUT2D eigenvalue weighted by molar-refractivity contribution is 5.94. The van der Waals surface area contributed by atoms with Crippen LogP contribution in [0.1, 0.15) is 41.8 Å². The number of ether oxygens (including phenoxy) is 3. The number of benzene rings is 1. The van der Waals surface area contributed by atoms with Crippen molar-refractivity contribution in [2.24, 2.45) is 0 Å². The lowest BCUT2D eigenvalue weighted by atomic mass is 10.1. The van der Waals surface area contributed by atoms with E-state index in [0.717, 1.165) is 24.6 Å². The minimum Gasteiger partial charge on any atom is -0.490 e. The molecule has 1 aliphatic heterocycles. The van der Waals surface area contributed by atoms with E-state index in [2.05, 4.69) is 10.2 Å². The van der Waals surface area contributed by atoms with Gasteiger partial charge in [-0.05, 0) is 51.1 Å². The summed E-state index contributed by atoms with van der Waals surface area (Å²) in [6.07, 6.45) is 0.